The van der Waals surface area contributed by atoms with Crippen LogP contribution < -0.4 is 0 Å². The van der Waals surface area contributed by atoms with Gasteiger partial charge in [0.15, 0.2) is 0 Å². The first-order valence-corrected chi connectivity index (χ1v) is 10.3. The molecule has 4 nitrogen and oxygen atoms in total. The molecule has 2 aliphatic rings. The van der Waals surface area contributed by atoms with Crippen molar-refractivity contribution in [3.63, 3.8) is 0 Å². The number of nitrogens with zero attached hydrogens (tertiary/aromatic N) is 2. The van der Waals surface area contributed by atoms with E-state index in [9.17, 15) is 9.90 Å². The van der Waals surface area contributed by atoms with Crippen LogP contribution in [0.3, 0.4) is 0 Å². The Morgan fingerprint density at radius 2 is 1.96 bits per heavy atom. The van der Waals surface area contributed by atoms with E-state index in [4.69, 9.17) is 0 Å². The summed E-state index contributed by atoms with van der Waals surface area (Å²) >= 11 is 1.62. The quantitative estimate of drug-likeness (QED) is 0.887. The third kappa shape index (κ3) is 4.38. The maximum Gasteiger partial charge on any atom is 0.222 e. The third-order valence-electron chi connectivity index (χ3n) is 5.79. The van der Waals surface area contributed by atoms with Crippen molar-refractivity contribution < 1.29 is 9.90 Å². The smallest absolute Gasteiger partial charge is 0.222 e. The lowest BCUT2D eigenvalue weighted by atomic mass is 9.89. The maximum absolute atomic E-state index is 12.6. The summed E-state index contributed by atoms with van der Waals surface area (Å²) in [6.07, 6.45) is 4.51. The van der Waals surface area contributed by atoms with Crippen LogP contribution in [-0.2, 0) is 4.79 Å². The number of hydrogen-bond acceptors (Lipinski definition) is 4. The van der Waals surface area contributed by atoms with Crippen molar-refractivity contribution in [1.29, 1.82) is 0 Å². The SMILES string of the molecule is CCN1CCC(CC(=O)N2CCC([C@@H](O)c3cccs3)CC2)CC1. The Bertz CT molecular complexity index is 503. The molecule has 5 heteroatoms. The van der Waals surface area contributed by atoms with Crippen LogP contribution in [-0.4, -0.2) is 53.5 Å². The number of likely N-dealkylation sites (tertiary alicyclic amines) is 2. The third-order valence-corrected chi connectivity index (χ3v) is 6.73. The van der Waals surface area contributed by atoms with Crippen molar-refractivity contribution in [2.24, 2.45) is 11.8 Å². The van der Waals surface area contributed by atoms with E-state index in [0.29, 0.717) is 17.7 Å². The Balaban J connectivity index is 1.42. The summed E-state index contributed by atoms with van der Waals surface area (Å²) in [7, 11) is 0. The summed E-state index contributed by atoms with van der Waals surface area (Å²) < 4.78 is 0. The van der Waals surface area contributed by atoms with Crippen molar-refractivity contribution in [3.8, 4) is 0 Å². The molecule has 134 valence electrons. The molecule has 0 aromatic carbocycles. The number of thiophene rings is 1. The number of aliphatic hydroxyl groups excluding tert-OH is 1. The normalized spacial score (nSPS) is 22.7. The van der Waals surface area contributed by atoms with E-state index in [1.54, 1.807) is 11.3 Å². The molecule has 2 aliphatic heterocycles. The van der Waals surface area contributed by atoms with Gasteiger partial charge in [0.2, 0.25) is 5.91 Å². The van der Waals surface area contributed by atoms with Crippen LogP contribution in [0.25, 0.3) is 0 Å². The number of carbonyl (C=O) groups excluding carboxylic acids is 1. The molecule has 1 atom stereocenters. The van der Waals surface area contributed by atoms with Gasteiger partial charge in [-0.05, 0) is 68.6 Å². The highest BCUT2D eigenvalue weighted by atomic mass is 32.1. The first-order valence-electron chi connectivity index (χ1n) is 9.39. The second-order valence-electron chi connectivity index (χ2n) is 7.26. The monoisotopic (exact) mass is 350 g/mol. The average molecular weight is 351 g/mol. The highest BCUT2D eigenvalue weighted by Crippen LogP contribution is 2.33. The molecule has 1 N–H and O–H groups in total. The van der Waals surface area contributed by atoms with E-state index in [0.717, 1.165) is 69.7 Å². The van der Waals surface area contributed by atoms with Crippen molar-refractivity contribution in [2.45, 2.75) is 45.1 Å². The minimum atomic E-state index is -0.361. The molecule has 2 saturated heterocycles. The van der Waals surface area contributed by atoms with E-state index in [1.807, 2.05) is 22.4 Å². The molecule has 0 radical (unpaired) electrons. The topological polar surface area (TPSA) is 43.8 Å². The largest absolute Gasteiger partial charge is 0.387 e. The van der Waals surface area contributed by atoms with Gasteiger partial charge in [0, 0.05) is 24.4 Å². The second-order valence-corrected chi connectivity index (χ2v) is 8.24. The van der Waals surface area contributed by atoms with Gasteiger partial charge in [0.1, 0.15) is 0 Å². The molecule has 24 heavy (non-hydrogen) atoms. The fraction of sp³-hybridized carbons (Fsp3) is 0.737. The Kier molecular flexibility index (Phi) is 6.31. The lowest BCUT2D eigenvalue weighted by Gasteiger charge is -2.36. The van der Waals surface area contributed by atoms with Gasteiger partial charge in [-0.1, -0.05) is 13.0 Å². The molecular formula is C19H30N2O2S. The molecule has 0 saturated carbocycles. The minimum absolute atomic E-state index is 0.292. The van der Waals surface area contributed by atoms with Gasteiger partial charge < -0.3 is 14.9 Å². The van der Waals surface area contributed by atoms with Crippen molar-refractivity contribution >= 4 is 17.2 Å². The van der Waals surface area contributed by atoms with Gasteiger partial charge in [0.25, 0.3) is 0 Å². The Hall–Kier alpha value is -0.910. The molecule has 1 aromatic rings. The highest BCUT2D eigenvalue weighted by molar-refractivity contribution is 7.10. The van der Waals surface area contributed by atoms with Gasteiger partial charge in [-0.2, -0.15) is 0 Å². The van der Waals surface area contributed by atoms with Crippen LogP contribution >= 0.6 is 11.3 Å². The number of rotatable bonds is 5. The van der Waals surface area contributed by atoms with Crippen LogP contribution in [0.2, 0.25) is 0 Å². The fourth-order valence-electron chi connectivity index (χ4n) is 4.04. The summed E-state index contributed by atoms with van der Waals surface area (Å²) in [5.41, 5.74) is 0. The van der Waals surface area contributed by atoms with Crippen LogP contribution in [0.5, 0.6) is 0 Å². The molecule has 0 bridgehead atoms. The van der Waals surface area contributed by atoms with E-state index in [-0.39, 0.29) is 6.10 Å². The Morgan fingerprint density at radius 3 is 2.54 bits per heavy atom. The molecule has 3 heterocycles. The van der Waals surface area contributed by atoms with Gasteiger partial charge in [-0.25, -0.2) is 0 Å². The zero-order valence-electron chi connectivity index (χ0n) is 14.7. The number of carbonyl (C=O) groups is 1. The maximum atomic E-state index is 12.6. The number of aliphatic hydroxyl groups is 1. The Morgan fingerprint density at radius 1 is 1.25 bits per heavy atom. The first kappa shape index (κ1) is 17.9. The van der Waals surface area contributed by atoms with Crippen LogP contribution in [0, 0.1) is 11.8 Å². The van der Waals surface area contributed by atoms with Crippen LogP contribution in [0.15, 0.2) is 17.5 Å². The lowest BCUT2D eigenvalue weighted by Crippen LogP contribution is -2.41. The number of piperidine rings is 2. The van der Waals surface area contributed by atoms with Gasteiger partial charge in [0.05, 0.1) is 6.10 Å². The van der Waals surface area contributed by atoms with Crippen LogP contribution in [0.4, 0.5) is 0 Å². The van der Waals surface area contributed by atoms with E-state index in [2.05, 4.69) is 11.8 Å². The Labute approximate surface area is 149 Å². The minimum Gasteiger partial charge on any atom is -0.387 e. The molecule has 0 unspecified atom stereocenters. The average Bonchev–Trinajstić information content (AvgIpc) is 3.16. The predicted molar refractivity (Wildman–Crippen MR) is 98.0 cm³/mol. The van der Waals surface area contributed by atoms with Crippen LogP contribution in [0.1, 0.15) is 50.0 Å². The summed E-state index contributed by atoms with van der Waals surface area (Å²) in [6.45, 7) is 7.23. The summed E-state index contributed by atoms with van der Waals surface area (Å²) in [6, 6.07) is 4.00. The highest BCUT2D eigenvalue weighted by Gasteiger charge is 2.30. The van der Waals surface area contributed by atoms with Crippen molar-refractivity contribution in [3.05, 3.63) is 22.4 Å². The molecule has 2 fully saturated rings. The van der Waals surface area contributed by atoms with E-state index in [1.165, 1.54) is 0 Å². The standard InChI is InChI=1S/C19H30N2O2S/c1-2-20-9-5-15(6-10-20)14-18(22)21-11-7-16(8-12-21)19(23)17-4-3-13-24-17/h3-4,13,15-16,19,23H,2,5-12,14H2,1H3/t19-/m1/s1. The molecule has 0 aliphatic carbocycles. The molecule has 1 aromatic heterocycles. The van der Waals surface area contributed by atoms with Gasteiger partial charge in [-0.15, -0.1) is 11.3 Å². The lowest BCUT2D eigenvalue weighted by molar-refractivity contribution is -0.134. The molecular weight excluding hydrogens is 320 g/mol. The zero-order chi connectivity index (χ0) is 16.9. The zero-order valence-corrected chi connectivity index (χ0v) is 15.5. The summed E-state index contributed by atoms with van der Waals surface area (Å²) in [4.78, 5) is 18.1. The summed E-state index contributed by atoms with van der Waals surface area (Å²) in [5.74, 6) is 1.18. The van der Waals surface area contributed by atoms with E-state index >= 15 is 0 Å². The number of amides is 1. The van der Waals surface area contributed by atoms with Crippen molar-refractivity contribution in [2.75, 3.05) is 32.7 Å². The van der Waals surface area contributed by atoms with Gasteiger partial charge in [-0.3, -0.25) is 4.79 Å². The number of hydrogen-bond donors (Lipinski definition) is 1. The van der Waals surface area contributed by atoms with E-state index < -0.39 is 0 Å². The first-order chi connectivity index (χ1) is 11.7. The molecule has 0 spiro atoms. The summed E-state index contributed by atoms with van der Waals surface area (Å²) in [5, 5.41) is 12.5. The fourth-order valence-corrected chi connectivity index (χ4v) is 4.84. The predicted octanol–water partition coefficient (Wildman–Crippen LogP) is 3.14. The van der Waals surface area contributed by atoms with Gasteiger partial charge >= 0.3 is 0 Å². The molecule has 1 amide bonds. The van der Waals surface area contributed by atoms with Crippen molar-refractivity contribution in [1.82, 2.24) is 9.80 Å². The molecule has 3 rings (SSSR count). The second kappa shape index (κ2) is 8.45.